The molecule has 6 nitrogen and oxygen atoms in total. The minimum atomic E-state index is -3.45. The van der Waals surface area contributed by atoms with Crippen molar-refractivity contribution in [1.82, 2.24) is 4.31 Å². The van der Waals surface area contributed by atoms with Gasteiger partial charge < -0.3 is 9.84 Å². The van der Waals surface area contributed by atoms with Gasteiger partial charge in [0.2, 0.25) is 10.0 Å². The van der Waals surface area contributed by atoms with Crippen LogP contribution in [0.25, 0.3) is 0 Å². The molecule has 0 aliphatic carbocycles. The Balaban J connectivity index is 2.04. The Hall–Kier alpha value is -0.660. The third kappa shape index (κ3) is 3.71. The zero-order valence-corrected chi connectivity index (χ0v) is 12.6. The van der Waals surface area contributed by atoms with Gasteiger partial charge in [0, 0.05) is 19.2 Å². The smallest absolute Gasteiger partial charge is 0.307 e. The molecule has 2 saturated heterocycles. The molecular formula is C13H23NO5S. The summed E-state index contributed by atoms with van der Waals surface area (Å²) in [5, 5.41) is 9.08. The highest BCUT2D eigenvalue weighted by Crippen LogP contribution is 2.26. The van der Waals surface area contributed by atoms with Gasteiger partial charge in [-0.15, -0.1) is 0 Å². The van der Waals surface area contributed by atoms with E-state index in [-0.39, 0.29) is 24.4 Å². The summed E-state index contributed by atoms with van der Waals surface area (Å²) < 4.78 is 31.8. The molecule has 7 heteroatoms. The van der Waals surface area contributed by atoms with Gasteiger partial charge in [-0.3, -0.25) is 4.79 Å². The van der Waals surface area contributed by atoms with Crippen molar-refractivity contribution in [3.63, 3.8) is 0 Å². The second-order valence-corrected chi connectivity index (χ2v) is 7.76. The first-order valence-corrected chi connectivity index (χ1v) is 8.85. The summed E-state index contributed by atoms with van der Waals surface area (Å²) in [6.45, 7) is 2.55. The molecule has 0 aromatic rings. The highest BCUT2D eigenvalue weighted by Gasteiger charge is 2.37. The first-order chi connectivity index (χ1) is 9.40. The standard InChI is InChI=1S/C13H23NO5S/c1-10-5-6-11(13(15)16)8-14(10)20(17,18)9-12-4-2-3-7-19-12/h10-12H,2-9H2,1H3,(H,15,16). The third-order valence-corrected chi connectivity index (χ3v) is 6.22. The third-order valence-electron chi connectivity index (χ3n) is 4.20. The largest absolute Gasteiger partial charge is 0.481 e. The Morgan fingerprint density at radius 2 is 2.05 bits per heavy atom. The zero-order chi connectivity index (χ0) is 14.8. The Morgan fingerprint density at radius 3 is 2.65 bits per heavy atom. The summed E-state index contributed by atoms with van der Waals surface area (Å²) in [7, 11) is -3.45. The van der Waals surface area contributed by atoms with Crippen LogP contribution in [0.3, 0.4) is 0 Å². The fourth-order valence-corrected chi connectivity index (χ4v) is 4.92. The maximum atomic E-state index is 12.5. The minimum absolute atomic E-state index is 0.0241. The molecule has 1 N–H and O–H groups in total. The summed E-state index contributed by atoms with van der Waals surface area (Å²) in [6.07, 6.45) is 3.64. The number of piperidine rings is 1. The van der Waals surface area contributed by atoms with Crippen LogP contribution in [0.4, 0.5) is 0 Å². The van der Waals surface area contributed by atoms with Crippen LogP contribution >= 0.6 is 0 Å². The van der Waals surface area contributed by atoms with E-state index in [9.17, 15) is 13.2 Å². The van der Waals surface area contributed by atoms with E-state index in [0.29, 0.717) is 19.4 Å². The van der Waals surface area contributed by atoms with Crippen molar-refractivity contribution in [2.75, 3.05) is 18.9 Å². The average Bonchev–Trinajstić information content (AvgIpc) is 2.39. The normalized spacial score (nSPS) is 33.0. The molecule has 0 saturated carbocycles. The van der Waals surface area contributed by atoms with Crippen LogP contribution in [-0.2, 0) is 19.6 Å². The predicted molar refractivity (Wildman–Crippen MR) is 73.9 cm³/mol. The number of carbonyl (C=O) groups is 1. The summed E-state index contributed by atoms with van der Waals surface area (Å²) in [4.78, 5) is 11.1. The highest BCUT2D eigenvalue weighted by atomic mass is 32.2. The van der Waals surface area contributed by atoms with Gasteiger partial charge in [-0.2, -0.15) is 4.31 Å². The number of carboxylic acids is 1. The van der Waals surface area contributed by atoms with Crippen LogP contribution in [0.2, 0.25) is 0 Å². The summed E-state index contributed by atoms with van der Waals surface area (Å²) in [5.41, 5.74) is 0. The maximum absolute atomic E-state index is 12.5. The Bertz CT molecular complexity index is 444. The lowest BCUT2D eigenvalue weighted by atomic mass is 9.96. The summed E-state index contributed by atoms with van der Waals surface area (Å²) in [6, 6.07) is -0.126. The van der Waals surface area contributed by atoms with Crippen LogP contribution in [-0.4, -0.2) is 54.8 Å². The summed E-state index contributed by atoms with van der Waals surface area (Å²) in [5.74, 6) is -1.52. The van der Waals surface area contributed by atoms with Gasteiger partial charge in [-0.05, 0) is 39.0 Å². The lowest BCUT2D eigenvalue weighted by Gasteiger charge is -2.36. The van der Waals surface area contributed by atoms with Gasteiger partial charge in [0.25, 0.3) is 0 Å². The van der Waals surface area contributed by atoms with E-state index < -0.39 is 21.9 Å². The van der Waals surface area contributed by atoms with Crippen LogP contribution < -0.4 is 0 Å². The minimum Gasteiger partial charge on any atom is -0.481 e. The second-order valence-electron chi connectivity index (χ2n) is 5.80. The zero-order valence-electron chi connectivity index (χ0n) is 11.8. The number of ether oxygens (including phenoxy) is 1. The molecule has 2 aliphatic heterocycles. The van der Waals surface area contributed by atoms with Gasteiger partial charge in [0.1, 0.15) is 0 Å². The topological polar surface area (TPSA) is 83.9 Å². The van der Waals surface area contributed by atoms with Gasteiger partial charge in [0.05, 0.1) is 17.8 Å². The molecule has 3 atom stereocenters. The van der Waals surface area contributed by atoms with Gasteiger partial charge in [-0.25, -0.2) is 8.42 Å². The molecule has 0 aromatic carbocycles. The monoisotopic (exact) mass is 305 g/mol. The van der Waals surface area contributed by atoms with Gasteiger partial charge >= 0.3 is 5.97 Å². The molecule has 0 aromatic heterocycles. The molecule has 0 amide bonds. The molecule has 0 spiro atoms. The Kier molecular flexibility index (Phi) is 5.04. The second kappa shape index (κ2) is 6.41. The van der Waals surface area contributed by atoms with Crippen LogP contribution in [0.1, 0.15) is 39.0 Å². The predicted octanol–water partition coefficient (Wildman–Crippen LogP) is 1.07. The molecule has 3 unspecified atom stereocenters. The lowest BCUT2D eigenvalue weighted by Crippen LogP contribution is -2.49. The molecule has 20 heavy (non-hydrogen) atoms. The van der Waals surface area contributed by atoms with Crippen molar-refractivity contribution >= 4 is 16.0 Å². The molecule has 0 bridgehead atoms. The van der Waals surface area contributed by atoms with Crippen molar-refractivity contribution in [2.24, 2.45) is 5.92 Å². The molecule has 2 aliphatic rings. The first kappa shape index (κ1) is 15.7. The van der Waals surface area contributed by atoms with Gasteiger partial charge in [0.15, 0.2) is 0 Å². The number of aliphatic carboxylic acids is 1. The van der Waals surface area contributed by atoms with Crippen LogP contribution in [0, 0.1) is 5.92 Å². The summed E-state index contributed by atoms with van der Waals surface area (Å²) >= 11 is 0. The van der Waals surface area contributed by atoms with Crippen molar-refractivity contribution in [3.05, 3.63) is 0 Å². The van der Waals surface area contributed by atoms with E-state index in [0.717, 1.165) is 19.3 Å². The van der Waals surface area contributed by atoms with Crippen LogP contribution in [0.15, 0.2) is 0 Å². The Labute approximate surface area is 120 Å². The van der Waals surface area contributed by atoms with E-state index in [4.69, 9.17) is 9.84 Å². The number of hydrogen-bond donors (Lipinski definition) is 1. The lowest BCUT2D eigenvalue weighted by molar-refractivity contribution is -0.143. The number of nitrogens with zero attached hydrogens (tertiary/aromatic N) is 1. The molecule has 0 radical (unpaired) electrons. The van der Waals surface area contributed by atoms with Crippen LogP contribution in [0.5, 0.6) is 0 Å². The van der Waals surface area contributed by atoms with E-state index in [1.165, 1.54) is 4.31 Å². The maximum Gasteiger partial charge on any atom is 0.307 e. The quantitative estimate of drug-likeness (QED) is 0.840. The number of hydrogen-bond acceptors (Lipinski definition) is 4. The van der Waals surface area contributed by atoms with Crippen molar-refractivity contribution < 1.29 is 23.1 Å². The fourth-order valence-electron chi connectivity index (χ4n) is 2.93. The number of rotatable bonds is 4. The van der Waals surface area contributed by atoms with Crippen molar-refractivity contribution in [2.45, 2.75) is 51.2 Å². The number of carboxylic acid groups (broad SMARTS) is 1. The van der Waals surface area contributed by atoms with E-state index >= 15 is 0 Å². The van der Waals surface area contributed by atoms with Gasteiger partial charge in [-0.1, -0.05) is 0 Å². The molecular weight excluding hydrogens is 282 g/mol. The molecule has 2 rings (SSSR count). The fraction of sp³-hybridized carbons (Fsp3) is 0.923. The number of sulfonamides is 1. The Morgan fingerprint density at radius 1 is 1.30 bits per heavy atom. The van der Waals surface area contributed by atoms with E-state index in [2.05, 4.69) is 0 Å². The van der Waals surface area contributed by atoms with E-state index in [1.54, 1.807) is 0 Å². The SMILES string of the molecule is CC1CCC(C(=O)O)CN1S(=O)(=O)CC1CCCCO1. The van der Waals surface area contributed by atoms with Crippen molar-refractivity contribution in [3.8, 4) is 0 Å². The van der Waals surface area contributed by atoms with E-state index in [1.807, 2.05) is 6.92 Å². The highest BCUT2D eigenvalue weighted by molar-refractivity contribution is 7.89. The molecule has 2 heterocycles. The molecule has 116 valence electrons. The first-order valence-electron chi connectivity index (χ1n) is 7.24. The van der Waals surface area contributed by atoms with Crippen molar-refractivity contribution in [1.29, 1.82) is 0 Å². The molecule has 2 fully saturated rings. The average molecular weight is 305 g/mol.